The number of nitrogens with one attached hydrogen (secondary N) is 1. The third-order valence-electron chi connectivity index (χ3n) is 8.00. The standard InChI is InChI=1S/C35H33FN2O6S/c1-35(2)19-27-33(45(41,42)21-35)32(25-17-16-23(18-30(25)43-3)44-20-22-10-5-4-6-11-22)38(28-14-9-15-29(39)31(28)37-27)34(40)24-12-7-8-13-26(24)36/h4-18,32,37,39H,19-21H2,1-3H3. The van der Waals surface area contributed by atoms with Gasteiger partial charge in [-0.05, 0) is 53.8 Å². The number of halogens is 1. The molecule has 1 atom stereocenters. The molecule has 2 N–H and O–H groups in total. The smallest absolute Gasteiger partial charge is 0.262 e. The van der Waals surface area contributed by atoms with Crippen LogP contribution in [0.1, 0.15) is 47.8 Å². The Balaban J connectivity index is 1.59. The highest BCUT2D eigenvalue weighted by Gasteiger charge is 2.48. The Kier molecular flexibility index (Phi) is 7.78. The monoisotopic (exact) mass is 628 g/mol. The molecule has 0 radical (unpaired) electrons. The van der Waals surface area contributed by atoms with Crippen LogP contribution >= 0.6 is 0 Å². The normalized spacial score (nSPS) is 18.2. The van der Waals surface area contributed by atoms with Crippen molar-refractivity contribution in [3.63, 3.8) is 0 Å². The zero-order chi connectivity index (χ0) is 31.9. The largest absolute Gasteiger partial charge is 0.506 e. The summed E-state index contributed by atoms with van der Waals surface area (Å²) >= 11 is 0. The number of nitrogens with zero attached hydrogens (tertiary/aromatic N) is 1. The van der Waals surface area contributed by atoms with Crippen LogP contribution in [-0.4, -0.2) is 32.3 Å². The third kappa shape index (κ3) is 5.73. The number of hydrogen-bond donors (Lipinski definition) is 2. The molecule has 6 rings (SSSR count). The van der Waals surface area contributed by atoms with E-state index in [1.54, 1.807) is 30.3 Å². The first-order valence-electron chi connectivity index (χ1n) is 14.5. The van der Waals surface area contributed by atoms with Crippen molar-refractivity contribution in [3.8, 4) is 17.2 Å². The molecule has 2 aliphatic rings. The summed E-state index contributed by atoms with van der Waals surface area (Å²) in [6, 6.07) is 23.5. The van der Waals surface area contributed by atoms with Gasteiger partial charge < -0.3 is 19.9 Å². The highest BCUT2D eigenvalue weighted by Crippen LogP contribution is 2.53. The molecular formula is C35H33FN2O6S. The average molecular weight is 629 g/mol. The number of amides is 1. The van der Waals surface area contributed by atoms with Crippen LogP contribution in [-0.2, 0) is 16.4 Å². The number of anilines is 2. The maximum absolute atomic E-state index is 15.2. The highest BCUT2D eigenvalue weighted by atomic mass is 32.2. The van der Waals surface area contributed by atoms with Crippen molar-refractivity contribution in [2.45, 2.75) is 32.9 Å². The Morgan fingerprint density at radius 2 is 1.76 bits per heavy atom. The van der Waals surface area contributed by atoms with Gasteiger partial charge in [-0.2, -0.15) is 0 Å². The minimum absolute atomic E-state index is 0.0432. The van der Waals surface area contributed by atoms with E-state index in [-0.39, 0.29) is 39.1 Å². The van der Waals surface area contributed by atoms with Crippen molar-refractivity contribution in [2.24, 2.45) is 5.41 Å². The lowest BCUT2D eigenvalue weighted by atomic mass is 9.88. The van der Waals surface area contributed by atoms with Gasteiger partial charge in [-0.1, -0.05) is 62.4 Å². The van der Waals surface area contributed by atoms with Gasteiger partial charge in [0.05, 0.1) is 29.0 Å². The molecule has 232 valence electrons. The molecule has 0 spiro atoms. The lowest BCUT2D eigenvalue weighted by Gasteiger charge is -2.38. The number of carbonyl (C=O) groups is 1. The number of benzene rings is 4. The maximum Gasteiger partial charge on any atom is 0.262 e. The molecule has 8 nitrogen and oxygen atoms in total. The predicted octanol–water partition coefficient (Wildman–Crippen LogP) is 6.99. The molecule has 10 heteroatoms. The Hall–Kier alpha value is -4.83. The summed E-state index contributed by atoms with van der Waals surface area (Å²) in [5.74, 6) is -1.18. The summed E-state index contributed by atoms with van der Waals surface area (Å²) in [4.78, 5) is 15.7. The van der Waals surface area contributed by atoms with E-state index >= 15 is 4.39 Å². The van der Waals surface area contributed by atoms with Crippen molar-refractivity contribution < 1.29 is 32.2 Å². The number of rotatable bonds is 6. The molecule has 45 heavy (non-hydrogen) atoms. The molecule has 0 bridgehead atoms. The number of carbonyl (C=O) groups excluding carboxylic acids is 1. The van der Waals surface area contributed by atoms with Gasteiger partial charge in [0.2, 0.25) is 0 Å². The summed E-state index contributed by atoms with van der Waals surface area (Å²) in [6.07, 6.45) is 0.314. The van der Waals surface area contributed by atoms with Crippen LogP contribution in [0.3, 0.4) is 0 Å². The van der Waals surface area contributed by atoms with Crippen molar-refractivity contribution in [1.29, 1.82) is 0 Å². The first-order chi connectivity index (χ1) is 21.5. The van der Waals surface area contributed by atoms with Crippen molar-refractivity contribution >= 4 is 27.1 Å². The molecule has 1 amide bonds. The zero-order valence-electron chi connectivity index (χ0n) is 25.1. The molecule has 0 aromatic heterocycles. The second kappa shape index (κ2) is 11.6. The summed E-state index contributed by atoms with van der Waals surface area (Å²) in [7, 11) is -2.57. The van der Waals surface area contributed by atoms with Crippen molar-refractivity contribution in [3.05, 3.63) is 124 Å². The fourth-order valence-corrected chi connectivity index (χ4v) is 8.48. The predicted molar refractivity (Wildman–Crippen MR) is 171 cm³/mol. The van der Waals surface area contributed by atoms with Crippen LogP contribution < -0.4 is 19.7 Å². The van der Waals surface area contributed by atoms with Gasteiger partial charge in [0.15, 0.2) is 9.84 Å². The lowest BCUT2D eigenvalue weighted by Crippen LogP contribution is -2.41. The number of allylic oxidation sites excluding steroid dienone is 1. The summed E-state index contributed by atoms with van der Waals surface area (Å²) in [6.45, 7) is 3.99. The highest BCUT2D eigenvalue weighted by molar-refractivity contribution is 7.95. The summed E-state index contributed by atoms with van der Waals surface area (Å²) < 4.78 is 55.6. The van der Waals surface area contributed by atoms with E-state index in [1.807, 2.05) is 44.2 Å². The number of fused-ring (bicyclic) bond motifs is 1. The Labute approximate surface area is 261 Å². The summed E-state index contributed by atoms with van der Waals surface area (Å²) in [5.41, 5.74) is 1.07. The van der Waals surface area contributed by atoms with E-state index in [2.05, 4.69) is 5.32 Å². The van der Waals surface area contributed by atoms with Gasteiger partial charge in [0, 0.05) is 17.3 Å². The molecule has 1 unspecified atom stereocenters. The zero-order valence-corrected chi connectivity index (χ0v) is 25.9. The lowest BCUT2D eigenvalue weighted by molar-refractivity contribution is 0.0976. The number of phenols is 1. The number of para-hydroxylation sites is 1. The van der Waals surface area contributed by atoms with Gasteiger partial charge in [-0.15, -0.1) is 0 Å². The second-order valence-corrected chi connectivity index (χ2v) is 13.9. The van der Waals surface area contributed by atoms with Gasteiger partial charge >= 0.3 is 0 Å². The minimum Gasteiger partial charge on any atom is -0.506 e. The molecule has 2 aliphatic heterocycles. The van der Waals surface area contributed by atoms with E-state index < -0.39 is 33.0 Å². The average Bonchev–Trinajstić information content (AvgIpc) is 3.15. The molecule has 0 saturated carbocycles. The number of methoxy groups -OCH3 is 1. The van der Waals surface area contributed by atoms with Crippen molar-refractivity contribution in [2.75, 3.05) is 23.1 Å². The van der Waals surface area contributed by atoms with E-state index in [4.69, 9.17) is 9.47 Å². The Morgan fingerprint density at radius 3 is 2.49 bits per heavy atom. The fraction of sp³-hybridized carbons (Fsp3) is 0.229. The molecule has 0 saturated heterocycles. The topological polar surface area (TPSA) is 105 Å². The Morgan fingerprint density at radius 1 is 1.02 bits per heavy atom. The second-order valence-electron chi connectivity index (χ2n) is 12.0. The van der Waals surface area contributed by atoms with Crippen LogP contribution in [0.15, 0.2) is 102 Å². The van der Waals surface area contributed by atoms with Crippen LogP contribution in [0, 0.1) is 11.2 Å². The van der Waals surface area contributed by atoms with Gasteiger partial charge in [-0.3, -0.25) is 9.69 Å². The van der Waals surface area contributed by atoms with Gasteiger partial charge in [0.25, 0.3) is 5.91 Å². The number of phenolic OH excluding ortho intramolecular Hbond substituents is 1. The number of aromatic hydroxyl groups is 1. The quantitative estimate of drug-likeness (QED) is 0.222. The summed E-state index contributed by atoms with van der Waals surface area (Å²) in [5, 5.41) is 14.2. The van der Waals surface area contributed by atoms with Crippen molar-refractivity contribution in [1.82, 2.24) is 0 Å². The van der Waals surface area contributed by atoms with Gasteiger partial charge in [-0.25, -0.2) is 12.8 Å². The molecule has 2 heterocycles. The molecular weight excluding hydrogens is 595 g/mol. The number of ether oxygens (including phenoxy) is 2. The van der Waals surface area contributed by atoms with Crippen LogP contribution in [0.4, 0.5) is 15.8 Å². The van der Waals surface area contributed by atoms with E-state index in [9.17, 15) is 18.3 Å². The fourth-order valence-electron chi connectivity index (χ4n) is 6.12. The minimum atomic E-state index is -4.02. The van der Waals surface area contributed by atoms with Crippen LogP contribution in [0.25, 0.3) is 0 Å². The molecule has 0 fully saturated rings. The molecule has 0 aliphatic carbocycles. The van der Waals surface area contributed by atoms with E-state index in [0.29, 0.717) is 30.0 Å². The molecule has 4 aromatic carbocycles. The first kappa shape index (κ1) is 30.2. The first-order valence-corrected chi connectivity index (χ1v) is 16.1. The maximum atomic E-state index is 15.2. The Bertz CT molecular complexity index is 1920. The van der Waals surface area contributed by atoms with Crippen LogP contribution in [0.5, 0.6) is 17.2 Å². The third-order valence-corrected chi connectivity index (χ3v) is 10.3. The number of sulfone groups is 1. The van der Waals surface area contributed by atoms with Crippen LogP contribution in [0.2, 0.25) is 0 Å². The van der Waals surface area contributed by atoms with Gasteiger partial charge in [0.1, 0.15) is 41.4 Å². The SMILES string of the molecule is COc1cc(OCc2ccccc2)ccc1C1C2=C(CC(C)(C)CS2(=O)=O)Nc2c(O)cccc2N1C(=O)c1ccccc1F. The van der Waals surface area contributed by atoms with E-state index in [1.165, 1.54) is 42.3 Å². The number of hydrogen-bond acceptors (Lipinski definition) is 7. The van der Waals surface area contributed by atoms with E-state index in [0.717, 1.165) is 5.56 Å². The molecule has 4 aromatic rings.